The molecule has 0 fully saturated rings. The molecule has 2 heterocycles. The molecule has 0 radical (unpaired) electrons. The number of nitrogens with one attached hydrogen (secondary N) is 1. The van der Waals surface area contributed by atoms with E-state index in [1.165, 1.54) is 16.9 Å². The number of benzene rings is 1. The van der Waals surface area contributed by atoms with Crippen molar-refractivity contribution in [2.24, 2.45) is 5.73 Å². The molecule has 138 valence electrons. The zero-order valence-corrected chi connectivity index (χ0v) is 16.3. The third-order valence-corrected chi connectivity index (χ3v) is 6.06. The van der Waals surface area contributed by atoms with Gasteiger partial charge in [-0.3, -0.25) is 14.5 Å². The molecule has 1 aliphatic heterocycles. The number of thiophene rings is 1. The summed E-state index contributed by atoms with van der Waals surface area (Å²) < 4.78 is 0. The summed E-state index contributed by atoms with van der Waals surface area (Å²) in [7, 11) is 0. The zero-order chi connectivity index (χ0) is 18.8. The van der Waals surface area contributed by atoms with E-state index in [0.717, 1.165) is 47.6 Å². The molecule has 0 saturated carbocycles. The van der Waals surface area contributed by atoms with E-state index in [4.69, 9.17) is 5.73 Å². The second-order valence-corrected chi connectivity index (χ2v) is 7.95. The van der Waals surface area contributed by atoms with Crippen molar-refractivity contribution in [3.8, 4) is 0 Å². The number of rotatable bonds is 5. The van der Waals surface area contributed by atoms with Crippen molar-refractivity contribution in [3.05, 3.63) is 50.9 Å². The first-order valence-corrected chi connectivity index (χ1v) is 9.73. The highest BCUT2D eigenvalue weighted by atomic mass is 32.1. The summed E-state index contributed by atoms with van der Waals surface area (Å²) in [6.07, 6.45) is 1.08. The lowest BCUT2D eigenvalue weighted by molar-refractivity contribution is -0.115. The fraction of sp³-hybridized carbons (Fsp3) is 0.400. The number of hydrogen-bond donors (Lipinski definition) is 2. The highest BCUT2D eigenvalue weighted by Crippen LogP contribution is 2.37. The largest absolute Gasteiger partial charge is 0.365 e. The lowest BCUT2D eigenvalue weighted by Crippen LogP contribution is -2.30. The van der Waals surface area contributed by atoms with Gasteiger partial charge in [0.15, 0.2) is 0 Å². The van der Waals surface area contributed by atoms with Crippen LogP contribution in [0.25, 0.3) is 0 Å². The summed E-state index contributed by atoms with van der Waals surface area (Å²) in [6, 6.07) is 6.06. The minimum absolute atomic E-state index is 0.120. The van der Waals surface area contributed by atoms with Gasteiger partial charge >= 0.3 is 0 Å². The molecule has 3 N–H and O–H groups in total. The van der Waals surface area contributed by atoms with Crippen molar-refractivity contribution in [3.63, 3.8) is 0 Å². The van der Waals surface area contributed by atoms with Crippen molar-refractivity contribution in [2.75, 3.05) is 18.4 Å². The highest BCUT2D eigenvalue weighted by molar-refractivity contribution is 7.17. The van der Waals surface area contributed by atoms with Crippen LogP contribution >= 0.6 is 11.3 Å². The predicted octanol–water partition coefficient (Wildman–Crippen LogP) is 3.02. The summed E-state index contributed by atoms with van der Waals surface area (Å²) >= 11 is 1.48. The Morgan fingerprint density at radius 1 is 1.31 bits per heavy atom. The molecule has 0 bridgehead atoms. The van der Waals surface area contributed by atoms with Gasteiger partial charge in [0, 0.05) is 18.0 Å². The first-order valence-electron chi connectivity index (χ1n) is 8.91. The number of amides is 2. The molecule has 2 aromatic rings. The van der Waals surface area contributed by atoms with Crippen molar-refractivity contribution in [1.82, 2.24) is 4.90 Å². The fourth-order valence-corrected chi connectivity index (χ4v) is 4.77. The smallest absolute Gasteiger partial charge is 0.251 e. The average Bonchev–Trinajstić information content (AvgIpc) is 2.94. The molecular formula is C20H25N3O2S. The van der Waals surface area contributed by atoms with E-state index < -0.39 is 5.91 Å². The van der Waals surface area contributed by atoms with Gasteiger partial charge in [-0.1, -0.05) is 30.7 Å². The quantitative estimate of drug-likeness (QED) is 0.848. The van der Waals surface area contributed by atoms with E-state index in [9.17, 15) is 9.59 Å². The van der Waals surface area contributed by atoms with Crippen LogP contribution in [0, 0.1) is 13.8 Å². The van der Waals surface area contributed by atoms with Crippen LogP contribution in [-0.4, -0.2) is 29.8 Å². The van der Waals surface area contributed by atoms with Crippen LogP contribution in [0.4, 0.5) is 5.00 Å². The summed E-state index contributed by atoms with van der Waals surface area (Å²) in [6.45, 7) is 8.86. The third-order valence-electron chi connectivity index (χ3n) is 4.93. The number of carbonyl (C=O) groups excluding carboxylic acids is 2. The van der Waals surface area contributed by atoms with Crippen LogP contribution in [0.2, 0.25) is 0 Å². The van der Waals surface area contributed by atoms with E-state index in [-0.39, 0.29) is 12.3 Å². The Morgan fingerprint density at radius 2 is 2.08 bits per heavy atom. The molecular weight excluding hydrogens is 346 g/mol. The second kappa shape index (κ2) is 7.60. The first kappa shape index (κ1) is 18.6. The standard InChI is InChI=1S/C20H25N3O2S/c1-4-23-8-7-15-16(11-23)26-20(18(15)19(21)25)22-17(24)10-14-6-5-12(2)9-13(14)3/h5-6,9H,4,7-8,10-11H2,1-3H3,(H2,21,25)(H,22,24). The molecule has 0 aliphatic carbocycles. The summed E-state index contributed by atoms with van der Waals surface area (Å²) in [5.41, 5.74) is 10.4. The topological polar surface area (TPSA) is 75.4 Å². The van der Waals surface area contributed by atoms with Gasteiger partial charge in [-0.15, -0.1) is 11.3 Å². The molecule has 0 saturated heterocycles. The molecule has 0 spiro atoms. The number of nitrogens with zero attached hydrogens (tertiary/aromatic N) is 1. The maximum Gasteiger partial charge on any atom is 0.251 e. The maximum atomic E-state index is 12.6. The summed E-state index contributed by atoms with van der Waals surface area (Å²) in [5.74, 6) is -0.584. The summed E-state index contributed by atoms with van der Waals surface area (Å²) in [4.78, 5) is 28.0. The minimum Gasteiger partial charge on any atom is -0.365 e. The van der Waals surface area contributed by atoms with Crippen LogP contribution in [0.1, 0.15) is 44.4 Å². The monoisotopic (exact) mass is 371 g/mol. The van der Waals surface area contributed by atoms with Crippen LogP contribution in [0.15, 0.2) is 18.2 Å². The molecule has 1 aromatic carbocycles. The lowest BCUT2D eigenvalue weighted by Gasteiger charge is -2.25. The minimum atomic E-state index is -0.464. The Bertz CT molecular complexity index is 857. The number of fused-ring (bicyclic) bond motifs is 1. The van der Waals surface area contributed by atoms with Crippen molar-refractivity contribution < 1.29 is 9.59 Å². The first-order chi connectivity index (χ1) is 12.4. The Kier molecular flexibility index (Phi) is 5.44. The van der Waals surface area contributed by atoms with Gasteiger partial charge in [-0.05, 0) is 43.5 Å². The van der Waals surface area contributed by atoms with Gasteiger partial charge in [-0.2, -0.15) is 0 Å². The van der Waals surface area contributed by atoms with Gasteiger partial charge in [0.05, 0.1) is 12.0 Å². The molecule has 3 rings (SSSR count). The molecule has 0 atom stereocenters. The van der Waals surface area contributed by atoms with Crippen molar-refractivity contribution in [2.45, 2.75) is 40.2 Å². The van der Waals surface area contributed by atoms with Crippen LogP contribution in [0.5, 0.6) is 0 Å². The van der Waals surface area contributed by atoms with Crippen molar-refractivity contribution in [1.29, 1.82) is 0 Å². The van der Waals surface area contributed by atoms with Crippen LogP contribution < -0.4 is 11.1 Å². The van der Waals surface area contributed by atoms with Crippen LogP contribution in [-0.2, 0) is 24.2 Å². The van der Waals surface area contributed by atoms with Gasteiger partial charge in [0.2, 0.25) is 5.91 Å². The number of anilines is 1. The number of hydrogen-bond acceptors (Lipinski definition) is 4. The van der Waals surface area contributed by atoms with E-state index in [0.29, 0.717) is 10.6 Å². The zero-order valence-electron chi connectivity index (χ0n) is 15.5. The van der Waals surface area contributed by atoms with E-state index >= 15 is 0 Å². The Morgan fingerprint density at radius 3 is 2.73 bits per heavy atom. The van der Waals surface area contributed by atoms with Crippen LogP contribution in [0.3, 0.4) is 0 Å². The lowest BCUT2D eigenvalue weighted by atomic mass is 10.0. The molecule has 6 heteroatoms. The molecule has 1 aliphatic rings. The SMILES string of the molecule is CCN1CCc2c(sc(NC(=O)Cc3ccc(C)cc3C)c2C(N)=O)C1. The summed E-state index contributed by atoms with van der Waals surface area (Å²) in [5, 5.41) is 3.53. The van der Waals surface area contributed by atoms with E-state index in [1.807, 2.05) is 26.0 Å². The second-order valence-electron chi connectivity index (χ2n) is 6.85. The highest BCUT2D eigenvalue weighted by Gasteiger charge is 2.27. The number of nitrogens with two attached hydrogens (primary N) is 1. The number of likely N-dealkylation sites (N-methyl/N-ethyl adjacent to an activating group) is 1. The Labute approximate surface area is 158 Å². The third kappa shape index (κ3) is 3.81. The molecule has 1 aromatic heterocycles. The number of carbonyl (C=O) groups is 2. The molecule has 5 nitrogen and oxygen atoms in total. The Hall–Kier alpha value is -2.18. The maximum absolute atomic E-state index is 12.6. The average molecular weight is 372 g/mol. The van der Waals surface area contributed by atoms with Crippen molar-refractivity contribution >= 4 is 28.2 Å². The van der Waals surface area contributed by atoms with E-state index in [1.54, 1.807) is 0 Å². The molecule has 0 unspecified atom stereocenters. The number of primary amides is 1. The van der Waals surface area contributed by atoms with E-state index in [2.05, 4.69) is 23.2 Å². The Balaban J connectivity index is 1.82. The molecule has 2 amide bonds. The van der Waals surface area contributed by atoms with Gasteiger partial charge in [-0.25, -0.2) is 0 Å². The predicted molar refractivity (Wildman–Crippen MR) is 106 cm³/mol. The van der Waals surface area contributed by atoms with Gasteiger partial charge < -0.3 is 11.1 Å². The molecule has 26 heavy (non-hydrogen) atoms. The fourth-order valence-electron chi connectivity index (χ4n) is 3.46. The van der Waals surface area contributed by atoms with Gasteiger partial charge in [0.1, 0.15) is 5.00 Å². The van der Waals surface area contributed by atoms with Gasteiger partial charge in [0.25, 0.3) is 5.91 Å². The number of aryl methyl sites for hydroxylation is 2. The normalized spacial score (nSPS) is 14.1.